The number of hydrogen-bond donors (Lipinski definition) is 1. The van der Waals surface area contributed by atoms with Crippen molar-refractivity contribution in [3.8, 4) is 0 Å². The highest BCUT2D eigenvalue weighted by Crippen LogP contribution is 2.29. The van der Waals surface area contributed by atoms with E-state index < -0.39 is 0 Å². The highest BCUT2D eigenvalue weighted by atomic mass is 35.5. The van der Waals surface area contributed by atoms with Crippen LogP contribution in [0.15, 0.2) is 24.3 Å². The smallest absolute Gasteiger partial charge is 0.0409 e. The van der Waals surface area contributed by atoms with Crippen LogP contribution in [0.1, 0.15) is 44.2 Å². The third-order valence-corrected chi connectivity index (χ3v) is 4.86. The van der Waals surface area contributed by atoms with Gasteiger partial charge in [0.1, 0.15) is 0 Å². The Balaban J connectivity index is 1.98. The Bertz CT molecular complexity index is 399. The first-order valence-corrected chi connectivity index (χ1v) is 7.64. The summed E-state index contributed by atoms with van der Waals surface area (Å²) in [6.07, 6.45) is 5.14. The topological polar surface area (TPSA) is 15.3 Å². The molecule has 1 aliphatic rings. The number of rotatable bonds is 4. The van der Waals surface area contributed by atoms with Crippen LogP contribution in [0.3, 0.4) is 0 Å². The van der Waals surface area contributed by atoms with Crippen molar-refractivity contribution in [1.29, 1.82) is 0 Å². The molecule has 3 heteroatoms. The molecule has 19 heavy (non-hydrogen) atoms. The number of nitrogens with one attached hydrogen (secondary N) is 1. The zero-order chi connectivity index (χ0) is 13.8. The molecule has 0 aromatic heterocycles. The molecule has 1 aromatic carbocycles. The van der Waals surface area contributed by atoms with Gasteiger partial charge in [0.25, 0.3) is 0 Å². The number of nitrogens with zero attached hydrogens (tertiary/aromatic N) is 1. The van der Waals surface area contributed by atoms with E-state index in [4.69, 9.17) is 11.6 Å². The lowest BCUT2D eigenvalue weighted by atomic mass is 9.89. The lowest BCUT2D eigenvalue weighted by Gasteiger charge is -2.38. The summed E-state index contributed by atoms with van der Waals surface area (Å²) in [6.45, 7) is 2.27. The molecule has 0 saturated heterocycles. The van der Waals surface area contributed by atoms with Crippen molar-refractivity contribution < 1.29 is 0 Å². The predicted molar refractivity (Wildman–Crippen MR) is 82.7 cm³/mol. The van der Waals surface area contributed by atoms with Gasteiger partial charge < -0.3 is 5.32 Å². The molecule has 0 amide bonds. The van der Waals surface area contributed by atoms with Crippen LogP contribution in [0.5, 0.6) is 0 Å². The maximum absolute atomic E-state index is 6.09. The molecule has 2 nitrogen and oxygen atoms in total. The normalized spacial score (nSPS) is 25.5. The highest BCUT2D eigenvalue weighted by molar-refractivity contribution is 6.30. The summed E-state index contributed by atoms with van der Waals surface area (Å²) in [5.74, 6) is 0. The summed E-state index contributed by atoms with van der Waals surface area (Å²) in [5.41, 5.74) is 1.31. The van der Waals surface area contributed by atoms with Crippen LogP contribution in [-0.4, -0.2) is 31.1 Å². The minimum atomic E-state index is 0.426. The summed E-state index contributed by atoms with van der Waals surface area (Å²) in [6, 6.07) is 10.1. The minimum absolute atomic E-state index is 0.426. The van der Waals surface area contributed by atoms with Crippen LogP contribution in [0.2, 0.25) is 5.02 Å². The van der Waals surface area contributed by atoms with E-state index in [2.05, 4.69) is 43.4 Å². The highest BCUT2D eigenvalue weighted by Gasteiger charge is 2.26. The van der Waals surface area contributed by atoms with E-state index in [1.54, 1.807) is 0 Å². The maximum atomic E-state index is 6.09. The second-order valence-electron chi connectivity index (χ2n) is 5.69. The fraction of sp³-hybridized carbons (Fsp3) is 0.625. The van der Waals surface area contributed by atoms with Gasteiger partial charge in [0, 0.05) is 23.1 Å². The molecule has 1 unspecified atom stereocenters. The van der Waals surface area contributed by atoms with Gasteiger partial charge in [-0.3, -0.25) is 4.90 Å². The van der Waals surface area contributed by atoms with E-state index in [1.807, 2.05) is 12.1 Å². The van der Waals surface area contributed by atoms with Gasteiger partial charge in [-0.05, 0) is 64.4 Å². The van der Waals surface area contributed by atoms with Gasteiger partial charge in [-0.2, -0.15) is 0 Å². The van der Waals surface area contributed by atoms with Crippen LogP contribution in [0, 0.1) is 0 Å². The standard InChI is InChI=1S/C16H25ClN2/c1-12(13-5-4-6-14(17)11-13)19(3)16-9-7-15(18-2)8-10-16/h4-6,11-12,15-16,18H,7-10H2,1-3H3. The van der Waals surface area contributed by atoms with Gasteiger partial charge in [-0.15, -0.1) is 0 Å². The molecule has 0 bridgehead atoms. The molecule has 1 N–H and O–H groups in total. The Hall–Kier alpha value is -0.570. The minimum Gasteiger partial charge on any atom is -0.317 e. The summed E-state index contributed by atoms with van der Waals surface area (Å²) in [4.78, 5) is 2.51. The SMILES string of the molecule is CNC1CCC(N(C)C(C)c2cccc(Cl)c2)CC1. The van der Waals surface area contributed by atoms with E-state index in [1.165, 1.54) is 31.2 Å². The van der Waals surface area contributed by atoms with Crippen LogP contribution in [-0.2, 0) is 0 Å². The Morgan fingerprint density at radius 3 is 2.53 bits per heavy atom. The molecule has 0 heterocycles. The second-order valence-corrected chi connectivity index (χ2v) is 6.13. The van der Waals surface area contributed by atoms with Crippen LogP contribution < -0.4 is 5.32 Å². The molecule has 0 spiro atoms. The van der Waals surface area contributed by atoms with Gasteiger partial charge in [-0.1, -0.05) is 23.7 Å². The molecule has 0 aliphatic heterocycles. The second kappa shape index (κ2) is 6.74. The number of halogens is 1. The summed E-state index contributed by atoms with van der Waals surface area (Å²) in [7, 11) is 4.32. The van der Waals surface area contributed by atoms with Gasteiger partial charge in [-0.25, -0.2) is 0 Å². The molecule has 1 saturated carbocycles. The number of benzene rings is 1. The number of hydrogen-bond acceptors (Lipinski definition) is 2. The Morgan fingerprint density at radius 2 is 1.95 bits per heavy atom. The van der Waals surface area contributed by atoms with E-state index in [9.17, 15) is 0 Å². The third-order valence-electron chi connectivity index (χ3n) is 4.62. The van der Waals surface area contributed by atoms with Crippen molar-refractivity contribution in [3.05, 3.63) is 34.9 Å². The lowest BCUT2D eigenvalue weighted by Crippen LogP contribution is -2.40. The van der Waals surface area contributed by atoms with E-state index >= 15 is 0 Å². The molecule has 106 valence electrons. The van der Waals surface area contributed by atoms with Crippen molar-refractivity contribution in [2.45, 2.75) is 50.7 Å². The fourth-order valence-electron chi connectivity index (χ4n) is 3.09. The predicted octanol–water partition coefficient (Wildman–Crippen LogP) is 3.86. The molecular weight excluding hydrogens is 256 g/mol. The van der Waals surface area contributed by atoms with E-state index in [-0.39, 0.29) is 0 Å². The molecule has 1 aliphatic carbocycles. The van der Waals surface area contributed by atoms with Crippen molar-refractivity contribution in [1.82, 2.24) is 10.2 Å². The first-order chi connectivity index (χ1) is 9.11. The largest absolute Gasteiger partial charge is 0.317 e. The average molecular weight is 281 g/mol. The van der Waals surface area contributed by atoms with Crippen molar-refractivity contribution in [2.24, 2.45) is 0 Å². The maximum Gasteiger partial charge on any atom is 0.0409 e. The Labute approximate surface area is 122 Å². The Morgan fingerprint density at radius 1 is 1.26 bits per heavy atom. The summed E-state index contributed by atoms with van der Waals surface area (Å²) >= 11 is 6.09. The van der Waals surface area contributed by atoms with Crippen LogP contribution >= 0.6 is 11.6 Å². The zero-order valence-corrected chi connectivity index (χ0v) is 13.0. The molecular formula is C16H25ClN2. The van der Waals surface area contributed by atoms with Gasteiger partial charge in [0.2, 0.25) is 0 Å². The molecule has 1 fully saturated rings. The van der Waals surface area contributed by atoms with Gasteiger partial charge >= 0.3 is 0 Å². The van der Waals surface area contributed by atoms with E-state index in [0.29, 0.717) is 18.1 Å². The van der Waals surface area contributed by atoms with Crippen LogP contribution in [0.25, 0.3) is 0 Å². The third kappa shape index (κ3) is 3.71. The molecule has 1 atom stereocenters. The lowest BCUT2D eigenvalue weighted by molar-refractivity contribution is 0.136. The van der Waals surface area contributed by atoms with Crippen molar-refractivity contribution >= 4 is 11.6 Å². The molecule has 0 radical (unpaired) electrons. The average Bonchev–Trinajstić information content (AvgIpc) is 2.46. The monoisotopic (exact) mass is 280 g/mol. The Kier molecular flexibility index (Phi) is 5.26. The van der Waals surface area contributed by atoms with Gasteiger partial charge in [0.05, 0.1) is 0 Å². The van der Waals surface area contributed by atoms with E-state index in [0.717, 1.165) is 5.02 Å². The van der Waals surface area contributed by atoms with Crippen LogP contribution in [0.4, 0.5) is 0 Å². The van der Waals surface area contributed by atoms with Gasteiger partial charge in [0.15, 0.2) is 0 Å². The molecule has 1 aromatic rings. The first kappa shape index (κ1) is 14.8. The summed E-state index contributed by atoms with van der Waals surface area (Å²) in [5, 5.41) is 4.23. The van der Waals surface area contributed by atoms with Crippen molar-refractivity contribution in [2.75, 3.05) is 14.1 Å². The summed E-state index contributed by atoms with van der Waals surface area (Å²) < 4.78 is 0. The molecule has 2 rings (SSSR count). The van der Waals surface area contributed by atoms with Crippen molar-refractivity contribution in [3.63, 3.8) is 0 Å². The first-order valence-electron chi connectivity index (χ1n) is 7.26. The fourth-order valence-corrected chi connectivity index (χ4v) is 3.29. The quantitative estimate of drug-likeness (QED) is 0.901. The zero-order valence-electron chi connectivity index (χ0n) is 12.2.